The zero-order valence-corrected chi connectivity index (χ0v) is 9.96. The Labute approximate surface area is 96.1 Å². The van der Waals surface area contributed by atoms with E-state index in [9.17, 15) is 4.79 Å². The molecule has 0 aliphatic heterocycles. The van der Waals surface area contributed by atoms with Crippen LogP contribution in [-0.4, -0.2) is 12.5 Å². The van der Waals surface area contributed by atoms with E-state index in [0.717, 1.165) is 11.1 Å². The Morgan fingerprint density at radius 3 is 2.69 bits per heavy atom. The molecule has 0 fully saturated rings. The number of ether oxygens (including phenoxy) is 1. The predicted octanol–water partition coefficient (Wildman–Crippen LogP) is 2.91. The van der Waals surface area contributed by atoms with Crippen LogP contribution in [0, 0.1) is 6.92 Å². The molecular formula is C13H17NO2. The van der Waals surface area contributed by atoms with Gasteiger partial charge in [0, 0.05) is 6.92 Å². The van der Waals surface area contributed by atoms with Gasteiger partial charge in [-0.2, -0.15) is 0 Å². The van der Waals surface area contributed by atoms with E-state index in [0.29, 0.717) is 18.0 Å². The van der Waals surface area contributed by atoms with E-state index in [1.807, 2.05) is 32.0 Å². The minimum Gasteiger partial charge on any atom is -0.487 e. The summed E-state index contributed by atoms with van der Waals surface area (Å²) in [6.45, 7) is 9.57. The highest BCUT2D eigenvalue weighted by Gasteiger charge is 2.05. The van der Waals surface area contributed by atoms with Crippen LogP contribution in [0.25, 0.3) is 0 Å². The minimum absolute atomic E-state index is 0.107. The molecule has 0 radical (unpaired) electrons. The number of carbonyl (C=O) groups is 1. The fraction of sp³-hybridized carbons (Fsp3) is 0.308. The highest BCUT2D eigenvalue weighted by Crippen LogP contribution is 2.26. The molecule has 0 atom stereocenters. The van der Waals surface area contributed by atoms with Gasteiger partial charge in [-0.25, -0.2) is 0 Å². The molecule has 1 amide bonds. The molecule has 16 heavy (non-hydrogen) atoms. The molecule has 0 aliphatic rings. The summed E-state index contributed by atoms with van der Waals surface area (Å²) in [5.74, 6) is 0.572. The van der Waals surface area contributed by atoms with Gasteiger partial charge < -0.3 is 10.1 Å². The summed E-state index contributed by atoms with van der Waals surface area (Å²) in [4.78, 5) is 11.0. The van der Waals surface area contributed by atoms with E-state index >= 15 is 0 Å². The highest BCUT2D eigenvalue weighted by molar-refractivity contribution is 5.90. The van der Waals surface area contributed by atoms with Crippen molar-refractivity contribution in [2.24, 2.45) is 0 Å². The molecule has 1 aromatic rings. The molecule has 0 saturated carbocycles. The van der Waals surface area contributed by atoms with Crippen molar-refractivity contribution < 1.29 is 9.53 Å². The van der Waals surface area contributed by atoms with Gasteiger partial charge in [0.1, 0.15) is 12.4 Å². The number of nitrogens with one attached hydrogen (secondary N) is 1. The second kappa shape index (κ2) is 5.35. The first-order valence-electron chi connectivity index (χ1n) is 5.14. The monoisotopic (exact) mass is 219 g/mol. The smallest absolute Gasteiger partial charge is 0.221 e. The first-order chi connectivity index (χ1) is 7.49. The SMILES string of the molecule is C=C(C)COc1cc(C)ccc1NC(C)=O. The van der Waals surface area contributed by atoms with Gasteiger partial charge in [0.05, 0.1) is 5.69 Å². The number of rotatable bonds is 4. The number of hydrogen-bond acceptors (Lipinski definition) is 2. The van der Waals surface area contributed by atoms with E-state index in [1.54, 1.807) is 0 Å². The largest absolute Gasteiger partial charge is 0.487 e. The number of hydrogen-bond donors (Lipinski definition) is 1. The summed E-state index contributed by atoms with van der Waals surface area (Å²) in [6, 6.07) is 5.66. The van der Waals surface area contributed by atoms with Crippen molar-refractivity contribution in [2.75, 3.05) is 11.9 Å². The zero-order valence-electron chi connectivity index (χ0n) is 9.96. The average Bonchev–Trinajstić information content (AvgIpc) is 2.17. The van der Waals surface area contributed by atoms with Gasteiger partial charge in [0.15, 0.2) is 0 Å². The summed E-state index contributed by atoms with van der Waals surface area (Å²) in [5, 5.41) is 2.73. The third-order valence-electron chi connectivity index (χ3n) is 1.92. The van der Waals surface area contributed by atoms with Gasteiger partial charge >= 0.3 is 0 Å². The highest BCUT2D eigenvalue weighted by atomic mass is 16.5. The van der Waals surface area contributed by atoms with Gasteiger partial charge in [-0.05, 0) is 37.1 Å². The summed E-state index contributed by atoms with van der Waals surface area (Å²) < 4.78 is 5.57. The van der Waals surface area contributed by atoms with Crippen molar-refractivity contribution in [1.29, 1.82) is 0 Å². The molecule has 3 nitrogen and oxygen atoms in total. The maximum atomic E-state index is 11.0. The molecule has 0 aromatic heterocycles. The lowest BCUT2D eigenvalue weighted by Crippen LogP contribution is -2.08. The summed E-state index contributed by atoms with van der Waals surface area (Å²) >= 11 is 0. The van der Waals surface area contributed by atoms with Gasteiger partial charge in [0.2, 0.25) is 5.91 Å². The lowest BCUT2D eigenvalue weighted by Gasteiger charge is -2.12. The molecule has 0 bridgehead atoms. The fourth-order valence-corrected chi connectivity index (χ4v) is 1.24. The van der Waals surface area contributed by atoms with Crippen molar-refractivity contribution in [1.82, 2.24) is 0 Å². The van der Waals surface area contributed by atoms with Crippen LogP contribution in [0.2, 0.25) is 0 Å². The topological polar surface area (TPSA) is 38.3 Å². The molecule has 0 unspecified atom stereocenters. The second-order valence-electron chi connectivity index (χ2n) is 3.93. The normalized spacial score (nSPS) is 9.69. The Bertz CT molecular complexity index is 410. The molecule has 3 heteroatoms. The predicted molar refractivity (Wildman–Crippen MR) is 65.8 cm³/mol. The standard InChI is InChI=1S/C13H17NO2/c1-9(2)8-16-13-7-10(3)5-6-12(13)14-11(4)15/h5-7H,1,8H2,2-4H3,(H,14,15). The van der Waals surface area contributed by atoms with Gasteiger partial charge in [0.25, 0.3) is 0 Å². The van der Waals surface area contributed by atoms with Crippen LogP contribution in [0.3, 0.4) is 0 Å². The molecule has 0 heterocycles. The van der Waals surface area contributed by atoms with Crippen molar-refractivity contribution in [3.8, 4) is 5.75 Å². The number of benzene rings is 1. The Morgan fingerprint density at radius 2 is 2.12 bits per heavy atom. The van der Waals surface area contributed by atoms with Crippen LogP contribution < -0.4 is 10.1 Å². The molecule has 0 aliphatic carbocycles. The minimum atomic E-state index is -0.107. The van der Waals surface area contributed by atoms with Gasteiger partial charge in [-0.1, -0.05) is 12.6 Å². The Hall–Kier alpha value is -1.77. The molecule has 0 saturated heterocycles. The molecule has 1 rings (SSSR count). The summed E-state index contributed by atoms with van der Waals surface area (Å²) in [6.07, 6.45) is 0. The van der Waals surface area contributed by atoms with E-state index in [-0.39, 0.29) is 5.91 Å². The summed E-state index contributed by atoms with van der Waals surface area (Å²) in [7, 11) is 0. The first-order valence-corrected chi connectivity index (χ1v) is 5.14. The number of amides is 1. The van der Waals surface area contributed by atoms with Crippen LogP contribution in [0.1, 0.15) is 19.4 Å². The fourth-order valence-electron chi connectivity index (χ4n) is 1.24. The molecule has 1 N–H and O–H groups in total. The molecule has 86 valence electrons. The molecular weight excluding hydrogens is 202 g/mol. The molecule has 1 aromatic carbocycles. The van der Waals surface area contributed by atoms with Crippen molar-refractivity contribution in [3.05, 3.63) is 35.9 Å². The number of anilines is 1. The molecule has 0 spiro atoms. The van der Waals surface area contributed by atoms with Crippen LogP contribution >= 0.6 is 0 Å². The Morgan fingerprint density at radius 1 is 1.44 bits per heavy atom. The Kier molecular flexibility index (Phi) is 4.11. The maximum Gasteiger partial charge on any atom is 0.221 e. The van der Waals surface area contributed by atoms with E-state index < -0.39 is 0 Å². The second-order valence-corrected chi connectivity index (χ2v) is 3.93. The van der Waals surface area contributed by atoms with Crippen LogP contribution in [0.15, 0.2) is 30.4 Å². The van der Waals surface area contributed by atoms with Crippen LogP contribution in [0.4, 0.5) is 5.69 Å². The van der Waals surface area contributed by atoms with E-state index in [4.69, 9.17) is 4.74 Å². The number of carbonyl (C=O) groups excluding carboxylic acids is 1. The lowest BCUT2D eigenvalue weighted by atomic mass is 10.2. The third kappa shape index (κ3) is 3.77. The summed E-state index contributed by atoms with van der Waals surface area (Å²) in [5.41, 5.74) is 2.72. The van der Waals surface area contributed by atoms with Crippen molar-refractivity contribution >= 4 is 11.6 Å². The van der Waals surface area contributed by atoms with Gasteiger partial charge in [-0.3, -0.25) is 4.79 Å². The lowest BCUT2D eigenvalue weighted by molar-refractivity contribution is -0.114. The van der Waals surface area contributed by atoms with Crippen molar-refractivity contribution in [3.63, 3.8) is 0 Å². The van der Waals surface area contributed by atoms with Crippen LogP contribution in [0.5, 0.6) is 5.75 Å². The zero-order chi connectivity index (χ0) is 12.1. The van der Waals surface area contributed by atoms with Gasteiger partial charge in [-0.15, -0.1) is 0 Å². The maximum absolute atomic E-state index is 11.0. The van der Waals surface area contributed by atoms with E-state index in [1.165, 1.54) is 6.92 Å². The average molecular weight is 219 g/mol. The van der Waals surface area contributed by atoms with Crippen LogP contribution in [-0.2, 0) is 4.79 Å². The first kappa shape index (κ1) is 12.3. The quantitative estimate of drug-likeness (QED) is 0.791. The third-order valence-corrected chi connectivity index (χ3v) is 1.92. The van der Waals surface area contributed by atoms with Crippen molar-refractivity contribution in [2.45, 2.75) is 20.8 Å². The van der Waals surface area contributed by atoms with E-state index in [2.05, 4.69) is 11.9 Å². The number of aryl methyl sites for hydroxylation is 1. The Balaban J connectivity index is 2.89.